The van der Waals surface area contributed by atoms with Crippen LogP contribution in [-0.2, 0) is 14.9 Å². The minimum absolute atomic E-state index is 0.212. The van der Waals surface area contributed by atoms with Gasteiger partial charge < -0.3 is 4.74 Å². The molecule has 0 atom stereocenters. The number of halogens is 1. The Kier molecular flexibility index (Phi) is 4.85. The molecule has 0 aliphatic heterocycles. The van der Waals surface area contributed by atoms with Crippen LogP contribution in [-0.4, -0.2) is 27.9 Å². The summed E-state index contributed by atoms with van der Waals surface area (Å²) in [6, 6.07) is 9.05. The summed E-state index contributed by atoms with van der Waals surface area (Å²) in [5, 5.41) is 3.33. The van der Waals surface area contributed by atoms with Crippen LogP contribution < -0.4 is 0 Å². The Morgan fingerprint density at radius 3 is 2.57 bits per heavy atom. The number of thiazole rings is 1. The summed E-state index contributed by atoms with van der Waals surface area (Å²) < 4.78 is 7.36. The van der Waals surface area contributed by atoms with Crippen LogP contribution in [0.15, 0.2) is 41.9 Å². The average molecular weight is 415 g/mol. The van der Waals surface area contributed by atoms with Crippen molar-refractivity contribution in [2.75, 3.05) is 6.61 Å². The molecule has 5 nitrogen and oxygen atoms in total. The Labute approximate surface area is 171 Å². The predicted octanol–water partition coefficient (Wildman–Crippen LogP) is 4.66. The molecule has 0 amide bonds. The van der Waals surface area contributed by atoms with Crippen LogP contribution in [0.4, 0.5) is 0 Å². The normalized spacial score (nSPS) is 14.7. The fourth-order valence-electron chi connectivity index (χ4n) is 3.52. The fraction of sp³-hybridized carbons (Fsp3) is 0.286. The first-order valence-corrected chi connectivity index (χ1v) is 10.2. The largest absolute Gasteiger partial charge is 0.457 e. The molecule has 1 saturated carbocycles. The summed E-state index contributed by atoms with van der Waals surface area (Å²) in [5.74, 6) is -0.562. The molecule has 3 aromatic rings. The molecule has 1 aliphatic rings. The maximum Gasteiger partial charge on any atom is 0.317 e. The first-order chi connectivity index (χ1) is 13.4. The second-order valence-corrected chi connectivity index (χ2v) is 8.33. The third kappa shape index (κ3) is 3.27. The van der Waals surface area contributed by atoms with Crippen molar-refractivity contribution in [3.8, 4) is 5.13 Å². The highest BCUT2D eigenvalue weighted by molar-refractivity contribution is 7.12. The van der Waals surface area contributed by atoms with Crippen LogP contribution in [0.5, 0.6) is 0 Å². The van der Waals surface area contributed by atoms with E-state index in [1.54, 1.807) is 18.3 Å². The molecule has 0 bridgehead atoms. The van der Waals surface area contributed by atoms with E-state index < -0.39 is 5.41 Å². The molecule has 0 unspecified atom stereocenters. The highest BCUT2D eigenvalue weighted by Gasteiger charge is 2.52. The van der Waals surface area contributed by atoms with E-state index in [-0.39, 0.29) is 18.4 Å². The van der Waals surface area contributed by atoms with Gasteiger partial charge in [0.15, 0.2) is 11.7 Å². The van der Waals surface area contributed by atoms with Crippen LogP contribution in [0.3, 0.4) is 0 Å². The lowest BCUT2D eigenvalue weighted by atomic mass is 9.96. The number of aromatic nitrogens is 2. The number of nitrogens with zero attached hydrogens (tertiary/aromatic N) is 2. The van der Waals surface area contributed by atoms with Crippen molar-refractivity contribution in [1.29, 1.82) is 0 Å². The molecule has 1 fully saturated rings. The number of Topliss-reactive ketones (excluding diaryl/α,β-unsaturated/α-hetero) is 1. The van der Waals surface area contributed by atoms with E-state index in [4.69, 9.17) is 16.3 Å². The van der Waals surface area contributed by atoms with Crippen molar-refractivity contribution in [3.05, 3.63) is 69.4 Å². The number of benzene rings is 1. The molecule has 0 saturated heterocycles. The van der Waals surface area contributed by atoms with E-state index in [9.17, 15) is 9.59 Å². The van der Waals surface area contributed by atoms with E-state index >= 15 is 0 Å². The Bertz CT molecular complexity index is 1030. The quantitative estimate of drug-likeness (QED) is 0.434. The number of carbonyl (C=O) groups is 2. The summed E-state index contributed by atoms with van der Waals surface area (Å²) in [6.07, 6.45) is 3.18. The summed E-state index contributed by atoms with van der Waals surface area (Å²) in [4.78, 5) is 29.7. The highest BCUT2D eigenvalue weighted by Crippen LogP contribution is 2.49. The highest BCUT2D eigenvalue weighted by atomic mass is 35.5. The zero-order chi connectivity index (χ0) is 19.9. The van der Waals surface area contributed by atoms with Crippen molar-refractivity contribution < 1.29 is 14.3 Å². The molecule has 2 aromatic heterocycles. The Balaban J connectivity index is 1.47. The number of esters is 1. The number of ether oxygens (including phenoxy) is 1. The van der Waals surface area contributed by atoms with Crippen LogP contribution in [0.1, 0.15) is 40.2 Å². The Morgan fingerprint density at radius 1 is 1.25 bits per heavy atom. The maximum absolute atomic E-state index is 12.7. The number of hydrogen-bond donors (Lipinski definition) is 0. The molecule has 1 aliphatic carbocycles. The van der Waals surface area contributed by atoms with Crippen molar-refractivity contribution in [3.63, 3.8) is 0 Å². The smallest absolute Gasteiger partial charge is 0.317 e. The molecule has 1 aromatic carbocycles. The molecule has 144 valence electrons. The van der Waals surface area contributed by atoms with Gasteiger partial charge in [0, 0.05) is 33.6 Å². The predicted molar refractivity (Wildman–Crippen MR) is 109 cm³/mol. The minimum Gasteiger partial charge on any atom is -0.457 e. The van der Waals surface area contributed by atoms with Gasteiger partial charge in [-0.15, -0.1) is 11.3 Å². The fourth-order valence-corrected chi connectivity index (χ4v) is 4.39. The van der Waals surface area contributed by atoms with Crippen molar-refractivity contribution in [2.45, 2.75) is 32.1 Å². The van der Waals surface area contributed by atoms with E-state index in [0.29, 0.717) is 10.6 Å². The summed E-state index contributed by atoms with van der Waals surface area (Å²) in [5.41, 5.74) is 2.52. The lowest BCUT2D eigenvalue weighted by Crippen LogP contribution is -2.26. The van der Waals surface area contributed by atoms with Crippen LogP contribution in [0, 0.1) is 13.8 Å². The molecule has 0 radical (unpaired) electrons. The number of aryl methyl sites for hydroxylation is 1. The number of hydrogen-bond acceptors (Lipinski definition) is 5. The molecule has 0 spiro atoms. The first-order valence-electron chi connectivity index (χ1n) is 8.98. The first kappa shape index (κ1) is 18.9. The lowest BCUT2D eigenvalue weighted by molar-refractivity contribution is -0.145. The van der Waals surface area contributed by atoms with E-state index in [1.165, 1.54) is 11.3 Å². The topological polar surface area (TPSA) is 61.2 Å². The molecular weight excluding hydrogens is 396 g/mol. The summed E-state index contributed by atoms with van der Waals surface area (Å²) in [7, 11) is 0. The molecule has 0 N–H and O–H groups in total. The van der Waals surface area contributed by atoms with Crippen LogP contribution >= 0.6 is 22.9 Å². The number of rotatable bonds is 6. The molecule has 2 heterocycles. The second kappa shape index (κ2) is 7.18. The number of ketones is 1. The number of carbonyl (C=O) groups excluding carboxylic acids is 2. The second-order valence-electron chi connectivity index (χ2n) is 7.02. The van der Waals surface area contributed by atoms with E-state index in [0.717, 1.165) is 34.9 Å². The van der Waals surface area contributed by atoms with Gasteiger partial charge in [0.2, 0.25) is 5.78 Å². The van der Waals surface area contributed by atoms with E-state index in [2.05, 4.69) is 4.98 Å². The van der Waals surface area contributed by atoms with Gasteiger partial charge in [-0.1, -0.05) is 23.7 Å². The average Bonchev–Trinajstić information content (AvgIpc) is 3.21. The zero-order valence-corrected chi connectivity index (χ0v) is 17.1. The third-order valence-electron chi connectivity index (χ3n) is 5.21. The molecule has 7 heteroatoms. The molecule has 28 heavy (non-hydrogen) atoms. The molecule has 4 rings (SSSR count). The van der Waals surface area contributed by atoms with E-state index in [1.807, 2.05) is 42.0 Å². The van der Waals surface area contributed by atoms with Gasteiger partial charge in [-0.2, -0.15) is 0 Å². The van der Waals surface area contributed by atoms with Gasteiger partial charge in [-0.25, -0.2) is 4.98 Å². The third-order valence-corrected chi connectivity index (χ3v) is 6.22. The Hall–Kier alpha value is -2.44. The van der Waals surface area contributed by atoms with Crippen molar-refractivity contribution in [1.82, 2.24) is 9.55 Å². The van der Waals surface area contributed by atoms with Gasteiger partial charge in [-0.3, -0.25) is 14.2 Å². The van der Waals surface area contributed by atoms with Gasteiger partial charge in [0.25, 0.3) is 0 Å². The van der Waals surface area contributed by atoms with Crippen molar-refractivity contribution >= 4 is 34.7 Å². The molecular formula is C21H19ClN2O3S. The summed E-state index contributed by atoms with van der Waals surface area (Å²) in [6.45, 7) is 3.53. The van der Waals surface area contributed by atoms with Crippen LogP contribution in [0.25, 0.3) is 5.13 Å². The van der Waals surface area contributed by atoms with Gasteiger partial charge in [0.05, 0.1) is 5.41 Å². The zero-order valence-electron chi connectivity index (χ0n) is 15.6. The maximum atomic E-state index is 12.7. The SMILES string of the molecule is Cc1cc(C(=O)COC(=O)C2(c3ccc(Cl)cc3)CC2)c(C)n1-c1nccs1. The van der Waals surface area contributed by atoms with Gasteiger partial charge in [-0.05, 0) is 50.5 Å². The minimum atomic E-state index is -0.636. The summed E-state index contributed by atoms with van der Waals surface area (Å²) >= 11 is 7.44. The Morgan fingerprint density at radius 2 is 1.96 bits per heavy atom. The van der Waals surface area contributed by atoms with Crippen molar-refractivity contribution in [2.24, 2.45) is 0 Å². The standard InChI is InChI=1S/C21H19ClN2O3S/c1-13-11-17(14(2)24(13)20-23-9-10-28-20)18(25)12-27-19(26)21(7-8-21)15-3-5-16(22)6-4-15/h3-6,9-11H,7-8,12H2,1-2H3. The van der Waals surface area contributed by atoms with Gasteiger partial charge in [0.1, 0.15) is 0 Å². The van der Waals surface area contributed by atoms with Crippen LogP contribution in [0.2, 0.25) is 5.02 Å². The monoisotopic (exact) mass is 414 g/mol. The lowest BCUT2D eigenvalue weighted by Gasteiger charge is -2.14. The van der Waals surface area contributed by atoms with Gasteiger partial charge >= 0.3 is 5.97 Å².